The molecule has 0 atom stereocenters. The fourth-order valence-electron chi connectivity index (χ4n) is 3.75. The second-order valence-electron chi connectivity index (χ2n) is 6.78. The topological polar surface area (TPSA) is 54.3 Å². The van der Waals surface area contributed by atoms with Crippen LogP contribution >= 0.6 is 11.8 Å². The van der Waals surface area contributed by atoms with Gasteiger partial charge in [0.1, 0.15) is 5.82 Å². The average molecular weight is 395 g/mol. The van der Waals surface area contributed by atoms with Gasteiger partial charge in [0.2, 0.25) is 11.9 Å². The highest BCUT2D eigenvalue weighted by molar-refractivity contribution is 7.99. The van der Waals surface area contributed by atoms with Crippen LogP contribution in [0.4, 0.5) is 21.7 Å². The van der Waals surface area contributed by atoms with Crippen LogP contribution in [-0.4, -0.2) is 39.5 Å². The van der Waals surface area contributed by atoms with Gasteiger partial charge in [0.05, 0.1) is 5.75 Å². The van der Waals surface area contributed by atoms with Gasteiger partial charge in [-0.25, -0.2) is 4.39 Å². The van der Waals surface area contributed by atoms with Crippen LogP contribution in [0.2, 0.25) is 0 Å². The minimum absolute atomic E-state index is 0.0840. The number of carbonyl (C=O) groups is 1. The number of amides is 1. The summed E-state index contributed by atoms with van der Waals surface area (Å²) in [5, 5.41) is 9.29. The lowest BCUT2D eigenvalue weighted by Crippen LogP contribution is -2.30. The molecule has 3 heterocycles. The number of rotatable bonds is 4. The lowest BCUT2D eigenvalue weighted by atomic mass is 10.2. The molecule has 0 unspecified atom stereocenters. The lowest BCUT2D eigenvalue weighted by Gasteiger charge is -2.16. The summed E-state index contributed by atoms with van der Waals surface area (Å²) in [6.45, 7) is 2.22. The molecule has 28 heavy (non-hydrogen) atoms. The van der Waals surface area contributed by atoms with E-state index in [9.17, 15) is 9.18 Å². The molecule has 2 aliphatic rings. The number of benzene rings is 2. The van der Waals surface area contributed by atoms with Gasteiger partial charge in [-0.3, -0.25) is 9.36 Å². The number of halogens is 1. The Morgan fingerprint density at radius 2 is 1.86 bits per heavy atom. The zero-order chi connectivity index (χ0) is 19.1. The molecular weight excluding hydrogens is 377 g/mol. The molecule has 0 bridgehead atoms. The van der Waals surface area contributed by atoms with Gasteiger partial charge in [-0.2, -0.15) is 0 Å². The quantitative estimate of drug-likeness (QED) is 0.635. The maximum atomic E-state index is 13.2. The molecular formula is C20H18FN5OS. The summed E-state index contributed by atoms with van der Waals surface area (Å²) in [7, 11) is 0. The van der Waals surface area contributed by atoms with Gasteiger partial charge in [-0.1, -0.05) is 30.0 Å². The highest BCUT2D eigenvalue weighted by Crippen LogP contribution is 2.33. The van der Waals surface area contributed by atoms with Gasteiger partial charge in [0.25, 0.3) is 0 Å². The number of hydrogen-bond acceptors (Lipinski definition) is 5. The van der Waals surface area contributed by atoms with Gasteiger partial charge >= 0.3 is 0 Å². The number of aromatic nitrogens is 3. The molecule has 1 aromatic heterocycles. The second-order valence-corrected chi connectivity index (χ2v) is 7.72. The van der Waals surface area contributed by atoms with Crippen molar-refractivity contribution in [3.05, 3.63) is 59.9 Å². The van der Waals surface area contributed by atoms with Gasteiger partial charge in [-0.15, -0.1) is 10.2 Å². The van der Waals surface area contributed by atoms with Crippen LogP contribution in [0, 0.1) is 5.82 Å². The van der Waals surface area contributed by atoms with Crippen LogP contribution in [0.25, 0.3) is 0 Å². The largest absolute Gasteiger partial charge is 0.311 e. The van der Waals surface area contributed by atoms with E-state index in [1.165, 1.54) is 29.5 Å². The van der Waals surface area contributed by atoms with Gasteiger partial charge in [0, 0.05) is 31.0 Å². The third-order valence-electron chi connectivity index (χ3n) is 5.14. The normalized spacial score (nSPS) is 15.0. The van der Waals surface area contributed by atoms with Crippen LogP contribution in [-0.2, 0) is 17.8 Å². The summed E-state index contributed by atoms with van der Waals surface area (Å²) in [6, 6.07) is 14.4. The molecule has 0 radical (unpaired) electrons. The molecule has 8 heteroatoms. The van der Waals surface area contributed by atoms with Gasteiger partial charge in [0.15, 0.2) is 5.16 Å². The van der Waals surface area contributed by atoms with Crippen LogP contribution < -0.4 is 9.80 Å². The van der Waals surface area contributed by atoms with E-state index in [-0.39, 0.29) is 11.7 Å². The average Bonchev–Trinajstić information content (AvgIpc) is 3.42. The van der Waals surface area contributed by atoms with E-state index >= 15 is 0 Å². The van der Waals surface area contributed by atoms with E-state index in [2.05, 4.69) is 16.3 Å². The number of carbonyl (C=O) groups excluding carboxylic acids is 1. The fraction of sp³-hybridized carbons (Fsp3) is 0.250. The number of fused-ring (bicyclic) bond motifs is 2. The summed E-state index contributed by atoms with van der Waals surface area (Å²) >= 11 is 1.41. The summed E-state index contributed by atoms with van der Waals surface area (Å²) in [5.74, 6) is 0.875. The molecule has 2 aliphatic heterocycles. The highest BCUT2D eigenvalue weighted by Gasteiger charge is 2.28. The zero-order valence-corrected chi connectivity index (χ0v) is 15.9. The number of nitrogens with zero attached hydrogens (tertiary/aromatic N) is 5. The predicted molar refractivity (Wildman–Crippen MR) is 107 cm³/mol. The lowest BCUT2D eigenvalue weighted by molar-refractivity contribution is -0.116. The van der Waals surface area contributed by atoms with E-state index in [1.807, 2.05) is 32.6 Å². The summed E-state index contributed by atoms with van der Waals surface area (Å²) in [6.07, 6.45) is 0.902. The predicted octanol–water partition coefficient (Wildman–Crippen LogP) is 3.25. The number of hydrogen-bond donors (Lipinski definition) is 0. The molecule has 142 valence electrons. The Labute approximate surface area is 166 Å². The van der Waals surface area contributed by atoms with Crippen molar-refractivity contribution in [2.75, 3.05) is 28.6 Å². The Kier molecular flexibility index (Phi) is 4.27. The SMILES string of the molecule is O=C(CSc1nnc2n1CCN2c1ccc(F)cc1)N1CCc2ccccc21. The molecule has 6 nitrogen and oxygen atoms in total. The minimum Gasteiger partial charge on any atom is -0.311 e. The van der Waals surface area contributed by atoms with Crippen molar-refractivity contribution in [2.24, 2.45) is 0 Å². The molecule has 0 spiro atoms. The Morgan fingerprint density at radius 3 is 2.71 bits per heavy atom. The van der Waals surface area contributed by atoms with Crippen molar-refractivity contribution < 1.29 is 9.18 Å². The maximum Gasteiger partial charge on any atom is 0.237 e. The van der Waals surface area contributed by atoms with E-state index in [1.54, 1.807) is 12.1 Å². The van der Waals surface area contributed by atoms with Crippen molar-refractivity contribution >= 4 is 35.0 Å². The van der Waals surface area contributed by atoms with Crippen molar-refractivity contribution in [3.8, 4) is 0 Å². The number of para-hydroxylation sites is 1. The van der Waals surface area contributed by atoms with Gasteiger partial charge < -0.3 is 9.80 Å². The molecule has 0 saturated heterocycles. The molecule has 2 aromatic carbocycles. The standard InChI is InChI=1S/C20H18FN5OS/c21-15-5-7-16(8-6-15)24-11-12-26-19(24)22-23-20(26)28-13-18(27)25-10-9-14-3-1-2-4-17(14)25/h1-8H,9-13H2. The smallest absolute Gasteiger partial charge is 0.237 e. The maximum absolute atomic E-state index is 13.2. The van der Waals surface area contributed by atoms with Crippen LogP contribution in [0.15, 0.2) is 53.7 Å². The van der Waals surface area contributed by atoms with E-state index in [0.29, 0.717) is 5.75 Å². The van der Waals surface area contributed by atoms with Crippen LogP contribution in [0.3, 0.4) is 0 Å². The zero-order valence-electron chi connectivity index (χ0n) is 15.1. The molecule has 0 aliphatic carbocycles. The molecule has 3 aromatic rings. The molecule has 0 saturated carbocycles. The Hall–Kier alpha value is -2.87. The molecule has 0 fully saturated rings. The monoisotopic (exact) mass is 395 g/mol. The molecule has 0 N–H and O–H groups in total. The highest BCUT2D eigenvalue weighted by atomic mass is 32.2. The first-order valence-corrected chi connectivity index (χ1v) is 10.2. The third kappa shape index (κ3) is 2.93. The summed E-state index contributed by atoms with van der Waals surface area (Å²) in [4.78, 5) is 16.6. The summed E-state index contributed by atoms with van der Waals surface area (Å²) < 4.78 is 15.2. The summed E-state index contributed by atoms with van der Waals surface area (Å²) in [5.41, 5.74) is 3.12. The van der Waals surface area contributed by atoms with E-state index < -0.39 is 0 Å². The Balaban J connectivity index is 1.29. The first-order chi connectivity index (χ1) is 13.7. The first kappa shape index (κ1) is 17.2. The second kappa shape index (κ2) is 6.94. The van der Waals surface area contributed by atoms with E-state index in [0.717, 1.165) is 48.5 Å². The van der Waals surface area contributed by atoms with Gasteiger partial charge in [-0.05, 0) is 42.3 Å². The van der Waals surface area contributed by atoms with Crippen LogP contribution in [0.5, 0.6) is 0 Å². The fourth-order valence-corrected chi connectivity index (χ4v) is 4.59. The van der Waals surface area contributed by atoms with Crippen molar-refractivity contribution in [1.29, 1.82) is 0 Å². The molecule has 1 amide bonds. The van der Waals surface area contributed by atoms with Crippen LogP contribution in [0.1, 0.15) is 5.56 Å². The minimum atomic E-state index is -0.261. The Morgan fingerprint density at radius 1 is 1.04 bits per heavy atom. The Bertz CT molecular complexity index is 1040. The molecule has 5 rings (SSSR count). The van der Waals surface area contributed by atoms with Crippen molar-refractivity contribution in [1.82, 2.24) is 14.8 Å². The van der Waals surface area contributed by atoms with Crippen molar-refractivity contribution in [3.63, 3.8) is 0 Å². The number of thioether (sulfide) groups is 1. The number of anilines is 3. The van der Waals surface area contributed by atoms with E-state index in [4.69, 9.17) is 0 Å². The van der Waals surface area contributed by atoms with Crippen molar-refractivity contribution in [2.45, 2.75) is 18.1 Å². The third-order valence-corrected chi connectivity index (χ3v) is 6.09. The first-order valence-electron chi connectivity index (χ1n) is 9.18.